The van der Waals surface area contributed by atoms with Gasteiger partial charge in [-0.2, -0.15) is 0 Å². The minimum absolute atomic E-state index is 0.156. The van der Waals surface area contributed by atoms with E-state index in [1.807, 2.05) is 66.7 Å². The monoisotopic (exact) mass is 562 g/mol. The zero-order valence-corrected chi connectivity index (χ0v) is 22.9. The van der Waals surface area contributed by atoms with Gasteiger partial charge in [-0.25, -0.2) is 0 Å². The minimum Gasteiger partial charge on any atom is -0.496 e. The van der Waals surface area contributed by atoms with Crippen LogP contribution in [0.5, 0.6) is 11.5 Å². The highest BCUT2D eigenvalue weighted by Crippen LogP contribution is 2.27. The highest BCUT2D eigenvalue weighted by Gasteiger charge is 2.32. The summed E-state index contributed by atoms with van der Waals surface area (Å²) in [4.78, 5) is 29.0. The van der Waals surface area contributed by atoms with Crippen molar-refractivity contribution in [2.75, 3.05) is 13.7 Å². The van der Waals surface area contributed by atoms with E-state index < -0.39 is 6.04 Å². The molecule has 0 aliphatic carbocycles. The maximum atomic E-state index is 13.8. The van der Waals surface area contributed by atoms with Gasteiger partial charge in [0.05, 0.1) is 12.1 Å². The van der Waals surface area contributed by atoms with Crippen molar-refractivity contribution in [3.63, 3.8) is 0 Å². The highest BCUT2D eigenvalue weighted by atomic mass is 35.5. The number of nitrogens with zero attached hydrogens (tertiary/aromatic N) is 1. The largest absolute Gasteiger partial charge is 0.496 e. The molecule has 1 N–H and O–H groups in total. The lowest BCUT2D eigenvalue weighted by Crippen LogP contribution is -2.45. The molecule has 0 radical (unpaired) electrons. The van der Waals surface area contributed by atoms with Crippen molar-refractivity contribution in [3.8, 4) is 11.5 Å². The molecule has 0 aliphatic rings. The summed E-state index contributed by atoms with van der Waals surface area (Å²) in [6.07, 6.45) is 0. The highest BCUT2D eigenvalue weighted by molar-refractivity contribution is 6.32. The van der Waals surface area contributed by atoms with Crippen LogP contribution in [-0.4, -0.2) is 30.4 Å². The van der Waals surface area contributed by atoms with E-state index in [1.165, 1.54) is 4.90 Å². The van der Waals surface area contributed by atoms with E-state index in [-0.39, 0.29) is 31.5 Å². The molecule has 4 aromatic rings. The van der Waals surface area contributed by atoms with Gasteiger partial charge >= 0.3 is 0 Å². The first-order valence-corrected chi connectivity index (χ1v) is 13.1. The fraction of sp³-hybridized carbons (Fsp3) is 0.161. The average molecular weight is 563 g/mol. The topological polar surface area (TPSA) is 67.9 Å². The number of carbonyl (C=O) groups is 2. The number of rotatable bonds is 11. The van der Waals surface area contributed by atoms with Gasteiger partial charge in [-0.1, -0.05) is 96.0 Å². The van der Waals surface area contributed by atoms with Crippen molar-refractivity contribution in [3.05, 3.63) is 130 Å². The molecule has 2 amide bonds. The Balaban J connectivity index is 1.65. The van der Waals surface area contributed by atoms with E-state index in [0.29, 0.717) is 27.1 Å². The molecule has 200 valence electrons. The van der Waals surface area contributed by atoms with Crippen LogP contribution in [0.3, 0.4) is 0 Å². The summed E-state index contributed by atoms with van der Waals surface area (Å²) < 4.78 is 11.2. The van der Waals surface area contributed by atoms with Crippen LogP contribution in [0, 0.1) is 0 Å². The van der Waals surface area contributed by atoms with Crippen molar-refractivity contribution >= 4 is 35.0 Å². The number of nitrogens with one attached hydrogen (secondary N) is 1. The van der Waals surface area contributed by atoms with Gasteiger partial charge in [-0.15, -0.1) is 0 Å². The summed E-state index contributed by atoms with van der Waals surface area (Å²) in [5.41, 5.74) is 2.29. The van der Waals surface area contributed by atoms with E-state index in [1.54, 1.807) is 43.5 Å². The third-order valence-corrected chi connectivity index (χ3v) is 6.66. The summed E-state index contributed by atoms with van der Waals surface area (Å²) >= 11 is 12.3. The number of carbonyl (C=O) groups excluding carboxylic acids is 2. The van der Waals surface area contributed by atoms with Gasteiger partial charge in [0.1, 0.15) is 17.5 Å². The second-order valence-electron chi connectivity index (χ2n) is 8.71. The smallest absolute Gasteiger partial charge is 0.261 e. The van der Waals surface area contributed by atoms with E-state index in [2.05, 4.69) is 5.32 Å². The number of amides is 2. The van der Waals surface area contributed by atoms with E-state index in [9.17, 15) is 9.59 Å². The average Bonchev–Trinajstić information content (AvgIpc) is 2.97. The van der Waals surface area contributed by atoms with Crippen molar-refractivity contribution in [2.45, 2.75) is 19.1 Å². The summed E-state index contributed by atoms with van der Waals surface area (Å²) in [6.45, 7) is 0.0786. The number of ether oxygens (including phenoxy) is 2. The van der Waals surface area contributed by atoms with Crippen molar-refractivity contribution < 1.29 is 19.1 Å². The molecule has 39 heavy (non-hydrogen) atoms. The molecule has 0 heterocycles. The van der Waals surface area contributed by atoms with Crippen LogP contribution in [0.4, 0.5) is 0 Å². The van der Waals surface area contributed by atoms with Gasteiger partial charge in [0.15, 0.2) is 6.61 Å². The summed E-state index contributed by atoms with van der Waals surface area (Å²) in [5, 5.41) is 3.96. The molecule has 6 nitrogen and oxygen atoms in total. The SMILES string of the molecule is COc1ccccc1CNC(=O)[C@H](c1ccccc1)N(Cc1ccc(Cl)cc1)C(=O)COc1ccccc1Cl. The third kappa shape index (κ3) is 7.53. The van der Waals surface area contributed by atoms with Crippen molar-refractivity contribution in [2.24, 2.45) is 0 Å². The molecule has 8 heteroatoms. The Morgan fingerprint density at radius 3 is 2.15 bits per heavy atom. The maximum absolute atomic E-state index is 13.8. The van der Waals surface area contributed by atoms with Crippen molar-refractivity contribution in [1.29, 1.82) is 0 Å². The predicted molar refractivity (Wildman–Crippen MR) is 153 cm³/mol. The number of halogens is 2. The van der Waals surface area contributed by atoms with Crippen LogP contribution in [0.25, 0.3) is 0 Å². The Kier molecular flexibility index (Phi) is 9.84. The fourth-order valence-electron chi connectivity index (χ4n) is 4.13. The Hall–Kier alpha value is -4.00. The van der Waals surface area contributed by atoms with Crippen LogP contribution in [0.15, 0.2) is 103 Å². The molecule has 0 unspecified atom stereocenters. The Morgan fingerprint density at radius 2 is 1.46 bits per heavy atom. The molecule has 4 rings (SSSR count). The molecular weight excluding hydrogens is 535 g/mol. The minimum atomic E-state index is -0.932. The lowest BCUT2D eigenvalue weighted by molar-refractivity contribution is -0.143. The zero-order chi connectivity index (χ0) is 27.6. The van der Waals surface area contributed by atoms with Gasteiger partial charge in [-0.05, 0) is 41.5 Å². The normalized spacial score (nSPS) is 11.4. The predicted octanol–water partition coefficient (Wildman–Crippen LogP) is 6.47. The Bertz CT molecular complexity index is 1400. The van der Waals surface area contributed by atoms with Gasteiger partial charge in [0, 0.05) is 23.7 Å². The molecule has 0 saturated carbocycles. The molecule has 4 aromatic carbocycles. The van der Waals surface area contributed by atoms with Crippen molar-refractivity contribution in [1.82, 2.24) is 10.2 Å². The van der Waals surface area contributed by atoms with Crippen LogP contribution >= 0.6 is 23.2 Å². The van der Waals surface area contributed by atoms with Crippen LogP contribution in [0.1, 0.15) is 22.7 Å². The number of hydrogen-bond acceptors (Lipinski definition) is 4. The first kappa shape index (κ1) is 28.0. The maximum Gasteiger partial charge on any atom is 0.261 e. The van der Waals surface area contributed by atoms with E-state index >= 15 is 0 Å². The summed E-state index contributed by atoms with van der Waals surface area (Å²) in [5.74, 6) is 0.325. The molecule has 0 saturated heterocycles. The lowest BCUT2D eigenvalue weighted by Gasteiger charge is -2.31. The number of hydrogen-bond donors (Lipinski definition) is 1. The quantitative estimate of drug-likeness (QED) is 0.227. The summed E-state index contributed by atoms with van der Waals surface area (Å²) in [6, 6.07) is 29.8. The van der Waals surface area contributed by atoms with E-state index in [0.717, 1.165) is 11.1 Å². The van der Waals surface area contributed by atoms with Gasteiger partial charge < -0.3 is 19.7 Å². The molecule has 0 bridgehead atoms. The Labute approximate surface area is 238 Å². The van der Waals surface area contributed by atoms with Gasteiger partial charge in [0.2, 0.25) is 5.91 Å². The standard InChI is InChI=1S/C31H28Cl2N2O4/c1-38-27-13-7-5-11-24(27)19-34-31(37)30(23-9-3-2-4-10-23)35(20-22-15-17-25(32)18-16-22)29(36)21-39-28-14-8-6-12-26(28)33/h2-18,30H,19-21H2,1H3,(H,34,37)/t30-/m0/s1. The molecule has 0 spiro atoms. The molecule has 0 aliphatic heterocycles. The Morgan fingerprint density at radius 1 is 0.821 bits per heavy atom. The van der Waals surface area contributed by atoms with Gasteiger partial charge in [0.25, 0.3) is 5.91 Å². The van der Waals surface area contributed by atoms with Crippen LogP contribution in [-0.2, 0) is 22.7 Å². The number of benzene rings is 4. The zero-order valence-electron chi connectivity index (χ0n) is 21.3. The first-order chi connectivity index (χ1) is 19.0. The molecular formula is C31H28Cl2N2O4. The fourth-order valence-corrected chi connectivity index (χ4v) is 4.45. The third-order valence-electron chi connectivity index (χ3n) is 6.10. The van der Waals surface area contributed by atoms with E-state index in [4.69, 9.17) is 32.7 Å². The number of para-hydroxylation sites is 2. The van der Waals surface area contributed by atoms with Gasteiger partial charge in [-0.3, -0.25) is 9.59 Å². The number of methoxy groups -OCH3 is 1. The second kappa shape index (κ2) is 13.7. The lowest BCUT2D eigenvalue weighted by atomic mass is 10.0. The second-order valence-corrected chi connectivity index (χ2v) is 9.55. The van der Waals surface area contributed by atoms with Crippen LogP contribution < -0.4 is 14.8 Å². The molecule has 1 atom stereocenters. The summed E-state index contributed by atoms with van der Waals surface area (Å²) in [7, 11) is 1.58. The first-order valence-electron chi connectivity index (χ1n) is 12.3. The molecule has 0 aromatic heterocycles. The van der Waals surface area contributed by atoms with Crippen LogP contribution in [0.2, 0.25) is 10.0 Å². The molecule has 0 fully saturated rings.